The number of halogens is 1. The van der Waals surface area contributed by atoms with Crippen LogP contribution in [-0.2, 0) is 0 Å². The van der Waals surface area contributed by atoms with Crippen LogP contribution in [-0.4, -0.2) is 31.1 Å². The molecule has 1 aliphatic heterocycles. The Balaban J connectivity index is 1.99. The van der Waals surface area contributed by atoms with Crippen LogP contribution in [0.2, 0.25) is 5.02 Å². The first-order chi connectivity index (χ1) is 9.61. The minimum atomic E-state index is 0.407. The second-order valence-corrected chi connectivity index (χ2v) is 6.80. The molecule has 0 aliphatic carbocycles. The lowest BCUT2D eigenvalue weighted by Gasteiger charge is -2.36. The molecule has 112 valence electrons. The summed E-state index contributed by atoms with van der Waals surface area (Å²) in [6.45, 7) is 8.88. The largest absolute Gasteiger partial charge is 0.330 e. The molecule has 20 heavy (non-hydrogen) atoms. The Morgan fingerprint density at radius 1 is 1.25 bits per heavy atom. The molecule has 1 aromatic rings. The van der Waals surface area contributed by atoms with Crippen molar-refractivity contribution in [2.75, 3.05) is 26.2 Å². The molecular formula is C17H27ClN2. The number of rotatable bonds is 5. The summed E-state index contributed by atoms with van der Waals surface area (Å²) in [5, 5.41) is 0.868. The number of nitrogens with zero attached hydrogens (tertiary/aromatic N) is 1. The van der Waals surface area contributed by atoms with Gasteiger partial charge in [-0.3, -0.25) is 0 Å². The molecule has 1 unspecified atom stereocenters. The van der Waals surface area contributed by atoms with Crippen LogP contribution in [0.3, 0.4) is 0 Å². The second-order valence-electron chi connectivity index (χ2n) is 6.40. The van der Waals surface area contributed by atoms with Crippen molar-refractivity contribution in [3.05, 3.63) is 34.9 Å². The third kappa shape index (κ3) is 3.97. The van der Waals surface area contributed by atoms with E-state index in [1.165, 1.54) is 38.0 Å². The Morgan fingerprint density at radius 2 is 1.90 bits per heavy atom. The van der Waals surface area contributed by atoms with E-state index in [2.05, 4.69) is 30.9 Å². The smallest absolute Gasteiger partial charge is 0.0441 e. The van der Waals surface area contributed by atoms with Crippen molar-refractivity contribution in [2.45, 2.75) is 32.6 Å². The van der Waals surface area contributed by atoms with Gasteiger partial charge in [0, 0.05) is 17.5 Å². The van der Waals surface area contributed by atoms with Crippen LogP contribution in [0, 0.1) is 11.8 Å². The van der Waals surface area contributed by atoms with E-state index in [0.29, 0.717) is 18.4 Å². The molecule has 1 heterocycles. The normalized spacial score (nSPS) is 19.4. The zero-order valence-corrected chi connectivity index (χ0v) is 13.4. The van der Waals surface area contributed by atoms with Gasteiger partial charge < -0.3 is 10.6 Å². The highest BCUT2D eigenvalue weighted by molar-refractivity contribution is 6.31. The van der Waals surface area contributed by atoms with Gasteiger partial charge in [0.15, 0.2) is 0 Å². The topological polar surface area (TPSA) is 29.3 Å². The van der Waals surface area contributed by atoms with Crippen molar-refractivity contribution in [1.29, 1.82) is 0 Å². The van der Waals surface area contributed by atoms with Crippen LogP contribution >= 0.6 is 11.6 Å². The first-order valence-electron chi connectivity index (χ1n) is 7.78. The highest BCUT2D eigenvalue weighted by Gasteiger charge is 2.27. The lowest BCUT2D eigenvalue weighted by Crippen LogP contribution is -2.38. The Morgan fingerprint density at radius 3 is 2.45 bits per heavy atom. The molecule has 1 saturated heterocycles. The third-order valence-corrected chi connectivity index (χ3v) is 4.73. The average molecular weight is 295 g/mol. The Bertz CT molecular complexity index is 411. The van der Waals surface area contributed by atoms with Crippen LogP contribution in [0.1, 0.15) is 38.2 Å². The molecule has 1 fully saturated rings. The van der Waals surface area contributed by atoms with E-state index in [1.807, 2.05) is 12.1 Å². The maximum Gasteiger partial charge on any atom is 0.0441 e. The summed E-state index contributed by atoms with van der Waals surface area (Å²) in [5.74, 6) is 1.83. The summed E-state index contributed by atoms with van der Waals surface area (Å²) in [6.07, 6.45) is 2.47. The number of piperidine rings is 1. The van der Waals surface area contributed by atoms with Gasteiger partial charge in [-0.15, -0.1) is 0 Å². The molecule has 1 aliphatic rings. The molecule has 2 rings (SSSR count). The standard InChI is InChI=1S/C17H27ClN2/c1-13(2)12-20-9-7-14(8-10-20)16(11-19)15-5-3-4-6-17(15)18/h3-6,13-14,16H,7-12,19H2,1-2H3. The third-order valence-electron chi connectivity index (χ3n) is 4.38. The first-order valence-corrected chi connectivity index (χ1v) is 8.16. The average Bonchev–Trinajstić information content (AvgIpc) is 2.43. The zero-order valence-electron chi connectivity index (χ0n) is 12.7. The number of likely N-dealkylation sites (tertiary alicyclic amines) is 1. The van der Waals surface area contributed by atoms with Crippen LogP contribution in [0.5, 0.6) is 0 Å². The Kier molecular flexibility index (Phi) is 5.88. The van der Waals surface area contributed by atoms with Gasteiger partial charge in [-0.2, -0.15) is 0 Å². The van der Waals surface area contributed by atoms with E-state index in [1.54, 1.807) is 0 Å². The van der Waals surface area contributed by atoms with Gasteiger partial charge in [-0.1, -0.05) is 43.6 Å². The van der Waals surface area contributed by atoms with Crippen molar-refractivity contribution in [3.63, 3.8) is 0 Å². The lowest BCUT2D eigenvalue weighted by atomic mass is 9.80. The summed E-state index contributed by atoms with van der Waals surface area (Å²) >= 11 is 6.35. The molecule has 3 heteroatoms. The van der Waals surface area contributed by atoms with Crippen LogP contribution in [0.25, 0.3) is 0 Å². The molecule has 0 aromatic heterocycles. The van der Waals surface area contributed by atoms with Gasteiger partial charge in [-0.05, 0) is 55.9 Å². The van der Waals surface area contributed by atoms with E-state index in [4.69, 9.17) is 17.3 Å². The van der Waals surface area contributed by atoms with Crippen LogP contribution in [0.15, 0.2) is 24.3 Å². The van der Waals surface area contributed by atoms with Crippen molar-refractivity contribution >= 4 is 11.6 Å². The molecule has 0 spiro atoms. The maximum atomic E-state index is 6.35. The van der Waals surface area contributed by atoms with Gasteiger partial charge in [0.05, 0.1) is 0 Å². The van der Waals surface area contributed by atoms with E-state index in [-0.39, 0.29) is 0 Å². The summed E-state index contributed by atoms with van der Waals surface area (Å²) in [7, 11) is 0. The van der Waals surface area contributed by atoms with E-state index in [0.717, 1.165) is 10.9 Å². The second kappa shape index (κ2) is 7.44. The predicted molar refractivity (Wildman–Crippen MR) is 87.2 cm³/mol. The Labute approximate surface area is 128 Å². The van der Waals surface area contributed by atoms with E-state index >= 15 is 0 Å². The Hall–Kier alpha value is -0.570. The highest BCUT2D eigenvalue weighted by Crippen LogP contribution is 2.35. The number of nitrogens with two attached hydrogens (primary N) is 1. The van der Waals surface area contributed by atoms with Crippen LogP contribution in [0.4, 0.5) is 0 Å². The van der Waals surface area contributed by atoms with Crippen molar-refractivity contribution < 1.29 is 0 Å². The maximum absolute atomic E-state index is 6.35. The summed E-state index contributed by atoms with van der Waals surface area (Å²) in [4.78, 5) is 2.58. The molecular weight excluding hydrogens is 268 g/mol. The van der Waals surface area contributed by atoms with Gasteiger partial charge in [0.2, 0.25) is 0 Å². The molecule has 0 amide bonds. The lowest BCUT2D eigenvalue weighted by molar-refractivity contribution is 0.155. The number of hydrogen-bond acceptors (Lipinski definition) is 2. The summed E-state index contributed by atoms with van der Waals surface area (Å²) in [6, 6.07) is 8.18. The van der Waals surface area contributed by atoms with E-state index in [9.17, 15) is 0 Å². The fraction of sp³-hybridized carbons (Fsp3) is 0.647. The van der Waals surface area contributed by atoms with E-state index < -0.39 is 0 Å². The van der Waals surface area contributed by atoms with Crippen molar-refractivity contribution in [2.24, 2.45) is 17.6 Å². The van der Waals surface area contributed by atoms with Crippen LogP contribution < -0.4 is 5.73 Å². The number of hydrogen-bond donors (Lipinski definition) is 1. The molecule has 0 bridgehead atoms. The fourth-order valence-electron chi connectivity index (χ4n) is 3.40. The highest BCUT2D eigenvalue weighted by atomic mass is 35.5. The molecule has 1 aromatic carbocycles. The quantitative estimate of drug-likeness (QED) is 0.896. The predicted octanol–water partition coefficient (Wildman–Crippen LogP) is 3.75. The van der Waals surface area contributed by atoms with Gasteiger partial charge >= 0.3 is 0 Å². The molecule has 1 atom stereocenters. The van der Waals surface area contributed by atoms with Gasteiger partial charge in [0.25, 0.3) is 0 Å². The molecule has 2 nitrogen and oxygen atoms in total. The SMILES string of the molecule is CC(C)CN1CCC(C(CN)c2ccccc2Cl)CC1. The molecule has 2 N–H and O–H groups in total. The number of benzene rings is 1. The zero-order chi connectivity index (χ0) is 14.5. The molecule has 0 radical (unpaired) electrons. The monoisotopic (exact) mass is 294 g/mol. The summed E-state index contributed by atoms with van der Waals surface area (Å²) in [5.41, 5.74) is 7.28. The first kappa shape index (κ1) is 15.8. The van der Waals surface area contributed by atoms with Crippen molar-refractivity contribution in [3.8, 4) is 0 Å². The van der Waals surface area contributed by atoms with Gasteiger partial charge in [-0.25, -0.2) is 0 Å². The minimum Gasteiger partial charge on any atom is -0.330 e. The van der Waals surface area contributed by atoms with Gasteiger partial charge in [0.1, 0.15) is 0 Å². The fourth-order valence-corrected chi connectivity index (χ4v) is 3.68. The molecule has 0 saturated carbocycles. The minimum absolute atomic E-state index is 0.407. The van der Waals surface area contributed by atoms with Crippen molar-refractivity contribution in [1.82, 2.24) is 4.90 Å². The summed E-state index contributed by atoms with van der Waals surface area (Å²) < 4.78 is 0.